The molecule has 0 heterocycles. The van der Waals surface area contributed by atoms with Crippen LogP contribution in [-0.4, -0.2) is 30.9 Å². The third-order valence-corrected chi connectivity index (χ3v) is 3.56. The van der Waals surface area contributed by atoms with Crippen molar-refractivity contribution in [2.24, 2.45) is 22.6 Å². The first-order valence-electron chi connectivity index (χ1n) is 7.73. The second-order valence-corrected chi connectivity index (χ2v) is 6.11. The van der Waals surface area contributed by atoms with Gasteiger partial charge in [0.25, 0.3) is 0 Å². The summed E-state index contributed by atoms with van der Waals surface area (Å²) < 4.78 is 0. The van der Waals surface area contributed by atoms with Crippen molar-refractivity contribution in [2.45, 2.75) is 39.8 Å². The van der Waals surface area contributed by atoms with E-state index in [2.05, 4.69) is 15.6 Å². The minimum absolute atomic E-state index is 0.0533. The molecular formula is C17H28N4O. The van der Waals surface area contributed by atoms with E-state index >= 15 is 0 Å². The molecule has 0 bridgehead atoms. The Balaban J connectivity index is 2.90. The number of carbonyl (C=O) groups excluding carboxylic acids is 1. The van der Waals surface area contributed by atoms with Gasteiger partial charge < -0.3 is 16.4 Å². The molecular weight excluding hydrogens is 276 g/mol. The van der Waals surface area contributed by atoms with Crippen molar-refractivity contribution < 1.29 is 4.79 Å². The molecule has 0 radical (unpaired) electrons. The molecule has 0 spiro atoms. The van der Waals surface area contributed by atoms with E-state index in [-0.39, 0.29) is 29.8 Å². The predicted molar refractivity (Wildman–Crippen MR) is 92.2 cm³/mol. The number of nitrogens with two attached hydrogens (primary N) is 1. The van der Waals surface area contributed by atoms with Crippen molar-refractivity contribution in [3.8, 4) is 0 Å². The van der Waals surface area contributed by atoms with Gasteiger partial charge in [-0.05, 0) is 31.0 Å². The average molecular weight is 304 g/mol. The Kier molecular flexibility index (Phi) is 7.05. The number of nitrogens with zero attached hydrogens (tertiary/aromatic N) is 1. The van der Waals surface area contributed by atoms with Crippen molar-refractivity contribution in [1.29, 1.82) is 0 Å². The molecule has 0 unspecified atom stereocenters. The quantitative estimate of drug-likeness (QED) is 0.533. The molecule has 2 atom stereocenters. The molecule has 4 N–H and O–H groups in total. The summed E-state index contributed by atoms with van der Waals surface area (Å²) in [5.41, 5.74) is 6.92. The third kappa shape index (κ3) is 5.15. The van der Waals surface area contributed by atoms with Crippen LogP contribution in [0.25, 0.3) is 0 Å². The lowest BCUT2D eigenvalue weighted by molar-refractivity contribution is -0.124. The van der Waals surface area contributed by atoms with Gasteiger partial charge in [0.15, 0.2) is 0 Å². The molecule has 0 aliphatic heterocycles. The lowest BCUT2D eigenvalue weighted by Gasteiger charge is -2.26. The number of aliphatic imine (C=N–C) groups is 1. The van der Waals surface area contributed by atoms with Gasteiger partial charge >= 0.3 is 0 Å². The Morgan fingerprint density at radius 1 is 1.05 bits per heavy atom. The fourth-order valence-corrected chi connectivity index (χ4v) is 2.31. The van der Waals surface area contributed by atoms with E-state index in [1.54, 1.807) is 7.05 Å². The zero-order chi connectivity index (χ0) is 16.7. The number of benzene rings is 1. The summed E-state index contributed by atoms with van der Waals surface area (Å²) in [5, 5.41) is 6.05. The number of amides is 1. The van der Waals surface area contributed by atoms with Gasteiger partial charge in [0.2, 0.25) is 5.91 Å². The van der Waals surface area contributed by atoms with E-state index in [0.717, 1.165) is 5.69 Å². The maximum Gasteiger partial charge on any atom is 0.237 e. The smallest absolute Gasteiger partial charge is 0.237 e. The Bertz CT molecular complexity index is 497. The number of carbonyl (C=O) groups is 1. The van der Waals surface area contributed by atoms with Gasteiger partial charge in [-0.2, -0.15) is 0 Å². The fourth-order valence-electron chi connectivity index (χ4n) is 2.31. The minimum atomic E-state index is -0.290. The predicted octanol–water partition coefficient (Wildman–Crippen LogP) is 2.06. The maximum absolute atomic E-state index is 12.4. The Labute approximate surface area is 133 Å². The molecule has 5 heteroatoms. The minimum Gasteiger partial charge on any atom is -0.385 e. The number of hydrogen-bond donors (Lipinski definition) is 3. The number of hydrogen-bond acceptors (Lipinski definition) is 3. The van der Waals surface area contributed by atoms with Gasteiger partial charge in [-0.25, -0.2) is 4.99 Å². The van der Waals surface area contributed by atoms with Crippen LogP contribution in [0.5, 0.6) is 0 Å². The van der Waals surface area contributed by atoms with Crippen LogP contribution >= 0.6 is 0 Å². The summed E-state index contributed by atoms with van der Waals surface area (Å²) in [6.07, 6.45) is 0. The molecule has 1 aromatic carbocycles. The third-order valence-electron chi connectivity index (χ3n) is 3.56. The summed E-state index contributed by atoms with van der Waals surface area (Å²) in [4.78, 5) is 16.8. The van der Waals surface area contributed by atoms with Crippen LogP contribution < -0.4 is 16.4 Å². The number of nitrogens with one attached hydrogen (secondary N) is 2. The highest BCUT2D eigenvalue weighted by atomic mass is 16.2. The summed E-state index contributed by atoms with van der Waals surface area (Å²) >= 11 is 0. The average Bonchev–Trinajstić information content (AvgIpc) is 2.45. The molecule has 0 fully saturated rings. The number of para-hydroxylation sites is 1. The Morgan fingerprint density at radius 3 is 2.05 bits per heavy atom. The van der Waals surface area contributed by atoms with E-state index < -0.39 is 0 Å². The van der Waals surface area contributed by atoms with E-state index in [1.165, 1.54) is 0 Å². The van der Waals surface area contributed by atoms with E-state index in [9.17, 15) is 4.79 Å². The van der Waals surface area contributed by atoms with E-state index in [0.29, 0.717) is 5.84 Å². The molecule has 0 aliphatic rings. The summed E-state index contributed by atoms with van der Waals surface area (Å²) in [6.45, 7) is 8.04. The lowest BCUT2D eigenvalue weighted by Crippen LogP contribution is -2.54. The van der Waals surface area contributed by atoms with Crippen molar-refractivity contribution in [3.05, 3.63) is 30.3 Å². The van der Waals surface area contributed by atoms with Crippen LogP contribution in [0.4, 0.5) is 5.69 Å². The zero-order valence-electron chi connectivity index (χ0n) is 14.1. The lowest BCUT2D eigenvalue weighted by atomic mass is 10.00. The summed E-state index contributed by atoms with van der Waals surface area (Å²) in [5.74, 6) is 0.724. The zero-order valence-corrected chi connectivity index (χ0v) is 14.1. The standard InChI is InChI=1S/C17H28N4O/c1-11(2)14(21-17(22)15(19-5)12(3)4)16(18)20-13-9-7-6-8-10-13/h6-12,14-15,19H,1-5H3,(H2,18,20)(H,21,22)/t14-,15-/m0/s1. The first kappa shape index (κ1) is 18.2. The molecule has 0 aliphatic carbocycles. The second kappa shape index (κ2) is 8.54. The van der Waals surface area contributed by atoms with Crippen LogP contribution in [0, 0.1) is 11.8 Å². The summed E-state index contributed by atoms with van der Waals surface area (Å²) in [6, 6.07) is 8.98. The van der Waals surface area contributed by atoms with Crippen molar-refractivity contribution in [3.63, 3.8) is 0 Å². The van der Waals surface area contributed by atoms with Crippen molar-refractivity contribution in [2.75, 3.05) is 7.05 Å². The fraction of sp³-hybridized carbons (Fsp3) is 0.529. The normalized spacial score (nSPS) is 15.0. The highest BCUT2D eigenvalue weighted by Crippen LogP contribution is 2.12. The molecule has 1 aromatic rings. The molecule has 22 heavy (non-hydrogen) atoms. The van der Waals surface area contributed by atoms with Gasteiger partial charge in [-0.15, -0.1) is 0 Å². The molecule has 0 aromatic heterocycles. The van der Waals surface area contributed by atoms with Crippen LogP contribution in [0.1, 0.15) is 27.7 Å². The van der Waals surface area contributed by atoms with Crippen LogP contribution in [0.15, 0.2) is 35.3 Å². The van der Waals surface area contributed by atoms with Crippen LogP contribution in [-0.2, 0) is 4.79 Å². The van der Waals surface area contributed by atoms with E-state index in [4.69, 9.17) is 5.73 Å². The van der Waals surface area contributed by atoms with Crippen molar-refractivity contribution in [1.82, 2.24) is 10.6 Å². The SMILES string of the molecule is CN[C@H](C(=O)N[C@H](C(N)=Nc1ccccc1)C(C)C)C(C)C. The van der Waals surface area contributed by atoms with Crippen LogP contribution in [0.2, 0.25) is 0 Å². The first-order valence-corrected chi connectivity index (χ1v) is 7.73. The van der Waals surface area contributed by atoms with Crippen LogP contribution in [0.3, 0.4) is 0 Å². The number of likely N-dealkylation sites (N-methyl/N-ethyl adjacent to an activating group) is 1. The topological polar surface area (TPSA) is 79.5 Å². The maximum atomic E-state index is 12.4. The van der Waals surface area contributed by atoms with Gasteiger partial charge in [-0.1, -0.05) is 45.9 Å². The van der Waals surface area contributed by atoms with E-state index in [1.807, 2.05) is 58.0 Å². The molecule has 1 amide bonds. The molecule has 122 valence electrons. The number of amidine groups is 1. The van der Waals surface area contributed by atoms with Gasteiger partial charge in [0.1, 0.15) is 5.84 Å². The highest BCUT2D eigenvalue weighted by molar-refractivity contribution is 5.93. The largest absolute Gasteiger partial charge is 0.385 e. The molecule has 1 rings (SSSR count). The van der Waals surface area contributed by atoms with Crippen molar-refractivity contribution >= 4 is 17.4 Å². The molecule has 5 nitrogen and oxygen atoms in total. The molecule has 0 saturated heterocycles. The summed E-state index contributed by atoms with van der Waals surface area (Å²) in [7, 11) is 1.79. The second-order valence-electron chi connectivity index (χ2n) is 6.11. The van der Waals surface area contributed by atoms with Gasteiger partial charge in [0.05, 0.1) is 17.8 Å². The van der Waals surface area contributed by atoms with Gasteiger partial charge in [-0.3, -0.25) is 4.79 Å². The Hall–Kier alpha value is -1.88. The molecule has 0 saturated carbocycles. The Morgan fingerprint density at radius 2 is 1.59 bits per heavy atom. The monoisotopic (exact) mass is 304 g/mol. The van der Waals surface area contributed by atoms with Gasteiger partial charge in [0, 0.05) is 0 Å². The highest BCUT2D eigenvalue weighted by Gasteiger charge is 2.26. The number of rotatable bonds is 7. The first-order chi connectivity index (χ1) is 10.4.